The topological polar surface area (TPSA) is 37.8 Å². The molecular formula is C17H24N2O. The van der Waals surface area contributed by atoms with Gasteiger partial charge in [0.05, 0.1) is 5.56 Å². The standard InChI is InChI=1S/C17H24N2O/c1-5-6-11-19-17(20)15(16(18-19)12(2)3)14-9-7-13(4)8-10-14/h7-10,12,18H,5-6,11H2,1-4H3. The highest BCUT2D eigenvalue weighted by Crippen LogP contribution is 2.25. The van der Waals surface area contributed by atoms with Crippen LogP contribution in [0.4, 0.5) is 0 Å². The minimum atomic E-state index is 0.103. The maximum Gasteiger partial charge on any atom is 0.274 e. The molecule has 0 spiro atoms. The van der Waals surface area contributed by atoms with Crippen molar-refractivity contribution in [3.63, 3.8) is 0 Å². The number of hydrogen-bond donors (Lipinski definition) is 1. The largest absolute Gasteiger partial charge is 0.299 e. The summed E-state index contributed by atoms with van der Waals surface area (Å²) in [5.74, 6) is 0.307. The third kappa shape index (κ3) is 2.87. The number of aromatic amines is 1. The SMILES string of the molecule is CCCCn1[nH]c(C(C)C)c(-c2ccc(C)cc2)c1=O. The molecule has 0 aliphatic heterocycles. The molecule has 1 aromatic heterocycles. The lowest BCUT2D eigenvalue weighted by Gasteiger charge is -2.06. The summed E-state index contributed by atoms with van der Waals surface area (Å²) >= 11 is 0. The Hall–Kier alpha value is -1.77. The Morgan fingerprint density at radius 3 is 2.40 bits per heavy atom. The van der Waals surface area contributed by atoms with Gasteiger partial charge in [0, 0.05) is 12.2 Å². The van der Waals surface area contributed by atoms with Crippen LogP contribution < -0.4 is 5.56 Å². The second-order valence-corrected chi connectivity index (χ2v) is 5.73. The zero-order valence-electron chi connectivity index (χ0n) is 12.9. The van der Waals surface area contributed by atoms with Crippen molar-refractivity contribution >= 4 is 0 Å². The fourth-order valence-electron chi connectivity index (χ4n) is 2.39. The van der Waals surface area contributed by atoms with Crippen molar-refractivity contribution in [1.29, 1.82) is 0 Å². The van der Waals surface area contributed by atoms with Gasteiger partial charge in [-0.25, -0.2) is 0 Å². The van der Waals surface area contributed by atoms with Crippen molar-refractivity contribution in [2.45, 2.75) is 53.0 Å². The lowest BCUT2D eigenvalue weighted by Crippen LogP contribution is -2.17. The zero-order valence-corrected chi connectivity index (χ0v) is 12.9. The first kappa shape index (κ1) is 14.6. The number of aromatic nitrogens is 2. The molecule has 0 unspecified atom stereocenters. The second-order valence-electron chi connectivity index (χ2n) is 5.73. The van der Waals surface area contributed by atoms with Crippen LogP contribution in [-0.4, -0.2) is 9.78 Å². The highest BCUT2D eigenvalue weighted by molar-refractivity contribution is 5.66. The summed E-state index contributed by atoms with van der Waals surface area (Å²) in [7, 11) is 0. The van der Waals surface area contributed by atoms with Crippen molar-refractivity contribution in [3.8, 4) is 11.1 Å². The van der Waals surface area contributed by atoms with Gasteiger partial charge in [-0.05, 0) is 24.8 Å². The average molecular weight is 272 g/mol. The Balaban J connectivity index is 2.52. The molecule has 2 rings (SSSR count). The Bertz CT molecular complexity index is 617. The van der Waals surface area contributed by atoms with Crippen molar-refractivity contribution < 1.29 is 0 Å². The monoisotopic (exact) mass is 272 g/mol. The number of benzene rings is 1. The molecule has 0 bridgehead atoms. The van der Waals surface area contributed by atoms with Crippen LogP contribution in [0.2, 0.25) is 0 Å². The summed E-state index contributed by atoms with van der Waals surface area (Å²) in [6.07, 6.45) is 2.10. The zero-order chi connectivity index (χ0) is 14.7. The van der Waals surface area contributed by atoms with Crippen LogP contribution in [0.1, 0.15) is 50.8 Å². The van der Waals surface area contributed by atoms with Crippen LogP contribution in [0.25, 0.3) is 11.1 Å². The van der Waals surface area contributed by atoms with Crippen molar-refractivity contribution in [1.82, 2.24) is 9.78 Å². The molecule has 1 N–H and O–H groups in total. The van der Waals surface area contributed by atoms with Gasteiger partial charge in [-0.15, -0.1) is 0 Å². The van der Waals surface area contributed by atoms with Gasteiger partial charge in [-0.1, -0.05) is 57.0 Å². The molecule has 108 valence electrons. The van der Waals surface area contributed by atoms with E-state index in [9.17, 15) is 4.79 Å². The number of rotatable bonds is 5. The fourth-order valence-corrected chi connectivity index (χ4v) is 2.39. The molecule has 1 aromatic carbocycles. The molecule has 2 aromatic rings. The lowest BCUT2D eigenvalue weighted by atomic mass is 9.99. The number of nitrogens with zero attached hydrogens (tertiary/aromatic N) is 1. The van der Waals surface area contributed by atoms with Crippen LogP contribution in [-0.2, 0) is 6.54 Å². The minimum Gasteiger partial charge on any atom is -0.299 e. The first-order valence-corrected chi connectivity index (χ1v) is 7.44. The predicted octanol–water partition coefficient (Wildman–Crippen LogP) is 4.08. The number of aryl methyl sites for hydroxylation is 2. The number of nitrogens with one attached hydrogen (secondary N) is 1. The van der Waals surface area contributed by atoms with Gasteiger partial charge >= 0.3 is 0 Å². The van der Waals surface area contributed by atoms with Crippen molar-refractivity contribution in [2.75, 3.05) is 0 Å². The molecule has 0 saturated heterocycles. The van der Waals surface area contributed by atoms with Crippen LogP contribution in [0.3, 0.4) is 0 Å². The Labute approximate surface area is 120 Å². The Morgan fingerprint density at radius 1 is 1.20 bits per heavy atom. The van der Waals surface area contributed by atoms with E-state index in [4.69, 9.17) is 0 Å². The van der Waals surface area contributed by atoms with Gasteiger partial charge in [0.25, 0.3) is 5.56 Å². The smallest absolute Gasteiger partial charge is 0.274 e. The molecule has 0 atom stereocenters. The van der Waals surface area contributed by atoms with Gasteiger partial charge < -0.3 is 0 Å². The normalized spacial score (nSPS) is 11.2. The van der Waals surface area contributed by atoms with Crippen molar-refractivity contribution in [2.24, 2.45) is 0 Å². The van der Waals surface area contributed by atoms with E-state index in [1.165, 1.54) is 5.56 Å². The summed E-state index contributed by atoms with van der Waals surface area (Å²) in [6, 6.07) is 8.19. The Kier molecular flexibility index (Phi) is 4.48. The summed E-state index contributed by atoms with van der Waals surface area (Å²) in [6.45, 7) is 9.20. The molecule has 0 radical (unpaired) electrons. The number of hydrogen-bond acceptors (Lipinski definition) is 1. The summed E-state index contributed by atoms with van der Waals surface area (Å²) in [4.78, 5) is 12.6. The summed E-state index contributed by atoms with van der Waals surface area (Å²) < 4.78 is 1.76. The second kappa shape index (κ2) is 6.12. The average Bonchev–Trinajstić information content (AvgIpc) is 2.75. The quantitative estimate of drug-likeness (QED) is 0.875. The minimum absolute atomic E-state index is 0.103. The molecule has 0 saturated carbocycles. The van der Waals surface area contributed by atoms with Crippen LogP contribution in [0.15, 0.2) is 29.1 Å². The first-order chi connectivity index (χ1) is 9.54. The summed E-state index contributed by atoms with van der Waals surface area (Å²) in [5.41, 5.74) is 4.19. The highest BCUT2D eigenvalue weighted by atomic mass is 16.1. The van der Waals surface area contributed by atoms with E-state index in [0.717, 1.165) is 36.2 Å². The maximum atomic E-state index is 12.6. The van der Waals surface area contributed by atoms with Crippen molar-refractivity contribution in [3.05, 3.63) is 45.9 Å². The molecule has 0 amide bonds. The molecule has 0 aliphatic rings. The van der Waals surface area contributed by atoms with E-state index in [0.29, 0.717) is 5.92 Å². The van der Waals surface area contributed by atoms with E-state index in [2.05, 4.69) is 44.9 Å². The van der Waals surface area contributed by atoms with Gasteiger partial charge in [0.2, 0.25) is 0 Å². The van der Waals surface area contributed by atoms with Gasteiger partial charge in [0.15, 0.2) is 0 Å². The van der Waals surface area contributed by atoms with E-state index in [1.54, 1.807) is 4.68 Å². The van der Waals surface area contributed by atoms with Crippen LogP contribution >= 0.6 is 0 Å². The Morgan fingerprint density at radius 2 is 1.85 bits per heavy atom. The van der Waals surface area contributed by atoms with E-state index in [-0.39, 0.29) is 5.56 Å². The molecule has 20 heavy (non-hydrogen) atoms. The van der Waals surface area contributed by atoms with Crippen LogP contribution in [0, 0.1) is 6.92 Å². The van der Waals surface area contributed by atoms with Gasteiger partial charge in [-0.2, -0.15) is 0 Å². The summed E-state index contributed by atoms with van der Waals surface area (Å²) in [5, 5.41) is 3.30. The number of H-pyrrole nitrogens is 1. The van der Waals surface area contributed by atoms with E-state index < -0.39 is 0 Å². The molecule has 0 fully saturated rings. The third-order valence-electron chi connectivity index (χ3n) is 3.64. The van der Waals surface area contributed by atoms with E-state index >= 15 is 0 Å². The lowest BCUT2D eigenvalue weighted by molar-refractivity contribution is 0.548. The maximum absolute atomic E-state index is 12.6. The molecule has 1 heterocycles. The molecule has 3 heteroatoms. The van der Waals surface area contributed by atoms with Crippen LogP contribution in [0.5, 0.6) is 0 Å². The third-order valence-corrected chi connectivity index (χ3v) is 3.64. The molecular weight excluding hydrogens is 248 g/mol. The van der Waals surface area contributed by atoms with Gasteiger partial charge in [-0.3, -0.25) is 14.6 Å². The highest BCUT2D eigenvalue weighted by Gasteiger charge is 2.17. The first-order valence-electron chi connectivity index (χ1n) is 7.44. The fraction of sp³-hybridized carbons (Fsp3) is 0.471. The van der Waals surface area contributed by atoms with Gasteiger partial charge in [0.1, 0.15) is 0 Å². The predicted molar refractivity (Wildman–Crippen MR) is 84.2 cm³/mol. The molecule has 3 nitrogen and oxygen atoms in total. The van der Waals surface area contributed by atoms with E-state index in [1.807, 2.05) is 12.1 Å². The number of unbranched alkanes of at least 4 members (excludes halogenated alkanes) is 1. The molecule has 0 aliphatic carbocycles.